The Kier molecular flexibility index (Phi) is 36.0. The minimum absolute atomic E-state index is 0. The standard InChI is InChI=1S/C48H100NO5P.H2O/c1-40(2)20-14-22-42(5)24-16-26-44(7)28-18-30-46(9)32-35-52-38-48(39-55(50,51)54-37-34-49(11,12)13)53-36-33-47(10)31-19-29-45(8)27-17-25-43(6)23-15-21-41(3)4;/h40-48H,14-39H2,1-13H3;1H2/t42-,43-,44-,45-,46-,47-,48+;/m1./s1. The summed E-state index contributed by atoms with van der Waals surface area (Å²) in [5.74, 6) is 6.17. The first-order valence-electron chi connectivity index (χ1n) is 23.7. The van der Waals surface area contributed by atoms with Crippen LogP contribution < -0.4 is 0 Å². The molecule has 0 amide bonds. The lowest BCUT2D eigenvalue weighted by Gasteiger charge is -2.25. The second kappa shape index (κ2) is 34.7. The third-order valence-electron chi connectivity index (χ3n) is 12.0. The van der Waals surface area contributed by atoms with Crippen molar-refractivity contribution < 1.29 is 33.4 Å². The Balaban J connectivity index is 0. The van der Waals surface area contributed by atoms with Crippen LogP contribution in [0.5, 0.6) is 0 Å². The predicted molar refractivity (Wildman–Crippen MR) is 243 cm³/mol. The number of rotatable bonds is 39. The first kappa shape index (κ1) is 58.1. The quantitative estimate of drug-likeness (QED) is 0.0377. The van der Waals surface area contributed by atoms with Gasteiger partial charge in [0.15, 0.2) is 0 Å². The van der Waals surface area contributed by atoms with Crippen molar-refractivity contribution in [2.24, 2.45) is 47.3 Å². The highest BCUT2D eigenvalue weighted by atomic mass is 31.2. The Morgan fingerprint density at radius 3 is 1.14 bits per heavy atom. The van der Waals surface area contributed by atoms with E-state index in [0.29, 0.717) is 42.7 Å². The van der Waals surface area contributed by atoms with Crippen LogP contribution in [0.3, 0.4) is 0 Å². The topological polar surface area (TPSA) is 95.0 Å². The highest BCUT2D eigenvalue weighted by Gasteiger charge is 2.27. The van der Waals surface area contributed by atoms with Crippen molar-refractivity contribution in [1.82, 2.24) is 0 Å². The molecular weight excluding hydrogens is 718 g/mol. The van der Waals surface area contributed by atoms with Gasteiger partial charge in [-0.05, 0) is 60.2 Å². The lowest BCUT2D eigenvalue weighted by Crippen LogP contribution is -2.37. The average Bonchev–Trinajstić information content (AvgIpc) is 3.05. The predicted octanol–water partition coefficient (Wildman–Crippen LogP) is 14.1. The molecule has 0 aliphatic rings. The molecule has 0 radical (unpaired) electrons. The number of quaternary nitrogens is 1. The minimum atomic E-state index is -3.78. The molecule has 0 aromatic rings. The van der Waals surface area contributed by atoms with Crippen LogP contribution in [-0.2, 0) is 18.6 Å². The first-order chi connectivity index (χ1) is 25.8. The van der Waals surface area contributed by atoms with E-state index in [4.69, 9.17) is 14.0 Å². The molecule has 340 valence electrons. The molecule has 0 aliphatic carbocycles. The van der Waals surface area contributed by atoms with E-state index in [0.717, 1.165) is 48.3 Å². The molecule has 2 N–H and O–H groups in total. The van der Waals surface area contributed by atoms with Crippen LogP contribution in [0.25, 0.3) is 0 Å². The molecule has 0 saturated carbocycles. The normalized spacial score (nSPS) is 17.3. The van der Waals surface area contributed by atoms with Gasteiger partial charge in [-0.3, -0.25) is 4.57 Å². The van der Waals surface area contributed by atoms with Gasteiger partial charge in [-0.1, -0.05) is 185 Å². The summed E-state index contributed by atoms with van der Waals surface area (Å²) in [5, 5.41) is 0. The van der Waals surface area contributed by atoms with Gasteiger partial charge in [0.1, 0.15) is 13.2 Å². The summed E-state index contributed by atoms with van der Waals surface area (Å²) in [7, 11) is 2.40. The summed E-state index contributed by atoms with van der Waals surface area (Å²) < 4.78 is 31.7. The molecule has 0 saturated heterocycles. The maximum Gasteiger partial charge on any atom is 0.331 e. The SMILES string of the molecule is CC(C)CCC[C@@H](C)CCC[C@@H](C)CCC[C@@H](C)CCOC[C@@H](CP(=O)(O)OCC[N+](C)(C)C)OCC[C@H](C)CCC[C@H](C)CCC[C@H](C)CCCC(C)C.[OH-]. The minimum Gasteiger partial charge on any atom is -0.870 e. The molecular formula is C48H102NO6P. The fourth-order valence-electron chi connectivity index (χ4n) is 7.73. The monoisotopic (exact) mass is 820 g/mol. The van der Waals surface area contributed by atoms with Crippen LogP contribution in [0.4, 0.5) is 0 Å². The van der Waals surface area contributed by atoms with Crippen molar-refractivity contribution in [3.63, 3.8) is 0 Å². The van der Waals surface area contributed by atoms with E-state index in [1.807, 2.05) is 0 Å². The summed E-state index contributed by atoms with van der Waals surface area (Å²) in [6.07, 6.45) is 25.6. The fourth-order valence-corrected chi connectivity index (χ4v) is 8.93. The molecule has 7 nitrogen and oxygen atoms in total. The number of hydrogen-bond donors (Lipinski definition) is 1. The maximum absolute atomic E-state index is 13.1. The van der Waals surface area contributed by atoms with Gasteiger partial charge in [-0.2, -0.15) is 0 Å². The van der Waals surface area contributed by atoms with Gasteiger partial charge in [0.05, 0.1) is 40.0 Å². The third kappa shape index (κ3) is 39.5. The van der Waals surface area contributed by atoms with Gasteiger partial charge in [0, 0.05) is 13.2 Å². The number of hydrogen-bond acceptors (Lipinski definition) is 5. The second-order valence-corrected chi connectivity index (χ2v) is 22.7. The van der Waals surface area contributed by atoms with Crippen LogP contribution in [0.15, 0.2) is 0 Å². The molecule has 1 unspecified atom stereocenters. The lowest BCUT2D eigenvalue weighted by atomic mass is 9.91. The van der Waals surface area contributed by atoms with E-state index in [-0.39, 0.29) is 18.2 Å². The van der Waals surface area contributed by atoms with Gasteiger partial charge < -0.3 is 28.9 Å². The summed E-state index contributed by atoms with van der Waals surface area (Å²) in [5.41, 5.74) is 0. The Bertz CT molecular complexity index is 911. The van der Waals surface area contributed by atoms with Crippen molar-refractivity contribution >= 4 is 7.60 Å². The van der Waals surface area contributed by atoms with Gasteiger partial charge in [-0.15, -0.1) is 0 Å². The molecule has 0 aromatic carbocycles. The molecule has 0 rings (SSSR count). The van der Waals surface area contributed by atoms with Crippen LogP contribution >= 0.6 is 7.60 Å². The highest BCUT2D eigenvalue weighted by molar-refractivity contribution is 7.52. The molecule has 0 bridgehead atoms. The lowest BCUT2D eigenvalue weighted by molar-refractivity contribution is -0.870. The summed E-state index contributed by atoms with van der Waals surface area (Å²) in [6.45, 7) is 26.2. The molecule has 0 heterocycles. The number of likely N-dealkylation sites (N-methyl/N-ethyl adjacent to an activating group) is 1. The van der Waals surface area contributed by atoms with Crippen molar-refractivity contribution in [3.05, 3.63) is 0 Å². The largest absolute Gasteiger partial charge is 0.870 e. The van der Waals surface area contributed by atoms with Crippen molar-refractivity contribution in [2.45, 2.75) is 204 Å². The van der Waals surface area contributed by atoms with Crippen LogP contribution in [0.1, 0.15) is 198 Å². The Morgan fingerprint density at radius 2 is 0.804 bits per heavy atom. The maximum atomic E-state index is 13.1. The number of ether oxygens (including phenoxy) is 2. The van der Waals surface area contributed by atoms with E-state index in [9.17, 15) is 9.46 Å². The molecule has 0 spiro atoms. The summed E-state index contributed by atoms with van der Waals surface area (Å²) >= 11 is 0. The van der Waals surface area contributed by atoms with E-state index >= 15 is 0 Å². The zero-order chi connectivity index (χ0) is 41.7. The third-order valence-corrected chi connectivity index (χ3v) is 13.5. The molecule has 8 atom stereocenters. The molecule has 0 aliphatic heterocycles. The van der Waals surface area contributed by atoms with Crippen molar-refractivity contribution in [1.29, 1.82) is 0 Å². The van der Waals surface area contributed by atoms with Gasteiger partial charge in [0.25, 0.3) is 0 Å². The molecule has 8 heteroatoms. The Morgan fingerprint density at radius 1 is 0.482 bits per heavy atom. The van der Waals surface area contributed by atoms with Crippen molar-refractivity contribution in [2.75, 3.05) is 60.3 Å². The highest BCUT2D eigenvalue weighted by Crippen LogP contribution is 2.43. The van der Waals surface area contributed by atoms with Gasteiger partial charge in [-0.25, -0.2) is 0 Å². The van der Waals surface area contributed by atoms with Crippen LogP contribution in [0.2, 0.25) is 0 Å². The smallest absolute Gasteiger partial charge is 0.331 e. The number of nitrogens with zero attached hydrogens (tertiary/aromatic N) is 1. The van der Waals surface area contributed by atoms with Gasteiger partial charge >= 0.3 is 7.60 Å². The Labute approximate surface area is 351 Å². The van der Waals surface area contributed by atoms with Crippen LogP contribution in [0, 0.1) is 47.3 Å². The first-order valence-corrected chi connectivity index (χ1v) is 25.5. The average molecular weight is 820 g/mol. The van der Waals surface area contributed by atoms with E-state index < -0.39 is 13.7 Å². The zero-order valence-electron chi connectivity index (χ0n) is 40.0. The van der Waals surface area contributed by atoms with E-state index in [1.54, 1.807) is 0 Å². The Hall–Kier alpha value is -0.0100. The van der Waals surface area contributed by atoms with Crippen molar-refractivity contribution in [3.8, 4) is 0 Å². The van der Waals surface area contributed by atoms with Crippen LogP contribution in [-0.4, -0.2) is 81.2 Å². The van der Waals surface area contributed by atoms with E-state index in [2.05, 4.69) is 90.4 Å². The summed E-state index contributed by atoms with van der Waals surface area (Å²) in [6, 6.07) is 0. The molecule has 0 fully saturated rings. The molecule has 56 heavy (non-hydrogen) atoms. The zero-order valence-corrected chi connectivity index (χ0v) is 40.9. The molecule has 0 aromatic heterocycles. The summed E-state index contributed by atoms with van der Waals surface area (Å²) in [4.78, 5) is 10.7. The van der Waals surface area contributed by atoms with E-state index in [1.165, 1.54) is 116 Å². The fraction of sp³-hybridized carbons (Fsp3) is 1.00. The van der Waals surface area contributed by atoms with Gasteiger partial charge in [0.2, 0.25) is 0 Å². The second-order valence-electron chi connectivity index (χ2n) is 20.8.